The molecule has 2 spiro atoms. The lowest BCUT2D eigenvalue weighted by atomic mass is 9.58. The molecule has 6 atom stereocenters. The molecule has 1 saturated heterocycles. The first-order valence-electron chi connectivity index (χ1n) is 5.38. The zero-order valence-electron chi connectivity index (χ0n) is 7.14. The van der Waals surface area contributed by atoms with Crippen LogP contribution in [0.5, 0.6) is 0 Å². The van der Waals surface area contributed by atoms with Crippen molar-refractivity contribution < 1.29 is 0 Å². The summed E-state index contributed by atoms with van der Waals surface area (Å²) in [6.45, 7) is 2.41. The van der Waals surface area contributed by atoms with Gasteiger partial charge in [0.15, 0.2) is 0 Å². The summed E-state index contributed by atoms with van der Waals surface area (Å²) >= 11 is 0. The van der Waals surface area contributed by atoms with Gasteiger partial charge in [-0.05, 0) is 36.5 Å². The Morgan fingerprint density at radius 1 is 1.17 bits per heavy atom. The summed E-state index contributed by atoms with van der Waals surface area (Å²) in [7, 11) is 0. The monoisotopic (exact) mass is 162 g/mol. The lowest BCUT2D eigenvalue weighted by molar-refractivity contribution is -0.0150. The highest BCUT2D eigenvalue weighted by Gasteiger charge is 2.98. The molecule has 64 valence electrons. The van der Waals surface area contributed by atoms with Crippen LogP contribution >= 0.6 is 0 Å². The second kappa shape index (κ2) is 1.20. The summed E-state index contributed by atoms with van der Waals surface area (Å²) in [4.78, 5) is 0. The Morgan fingerprint density at radius 2 is 2.17 bits per heavy atom. The van der Waals surface area contributed by atoms with Gasteiger partial charge in [-0.3, -0.25) is 5.32 Å². The van der Waals surface area contributed by atoms with Crippen LogP contribution in [0, 0.1) is 29.1 Å². The van der Waals surface area contributed by atoms with Crippen LogP contribution in [0.4, 0.5) is 0 Å². The second-order valence-electron chi connectivity index (χ2n) is 5.57. The van der Waals surface area contributed by atoms with Crippen molar-refractivity contribution in [2.75, 3.05) is 13.2 Å². The molecule has 0 bridgehead atoms. The normalized spacial score (nSPS) is 80.0. The van der Waals surface area contributed by atoms with Crippen molar-refractivity contribution in [3.05, 3.63) is 0 Å². The quantitative estimate of drug-likeness (QED) is 0.530. The highest BCUT2D eigenvalue weighted by atomic mass is 15.3. The molecule has 2 nitrogen and oxygen atoms in total. The van der Waals surface area contributed by atoms with Gasteiger partial charge in [-0.25, -0.2) is 0 Å². The molecule has 5 rings (SSSR count). The standard InChI is InChI=1S/C10H14N2/c1-2-10-7-5(1)6-8(7)9(6,10)3-11-4-12-10/h5-8,11-12H,1-4H2. The first-order chi connectivity index (χ1) is 5.92. The van der Waals surface area contributed by atoms with Crippen molar-refractivity contribution >= 4 is 0 Å². The molecule has 6 unspecified atom stereocenters. The molecule has 1 aliphatic heterocycles. The largest absolute Gasteiger partial charge is 0.304 e. The molecule has 5 fully saturated rings. The van der Waals surface area contributed by atoms with Crippen LogP contribution < -0.4 is 10.6 Å². The zero-order chi connectivity index (χ0) is 7.55. The van der Waals surface area contributed by atoms with E-state index in [-0.39, 0.29) is 0 Å². The smallest absolute Gasteiger partial charge is 0.0459 e. The summed E-state index contributed by atoms with van der Waals surface area (Å²) < 4.78 is 0. The molecule has 0 aromatic rings. The maximum atomic E-state index is 3.79. The average molecular weight is 162 g/mol. The van der Waals surface area contributed by atoms with Gasteiger partial charge in [0, 0.05) is 24.2 Å². The molecule has 4 aliphatic carbocycles. The van der Waals surface area contributed by atoms with E-state index in [1.165, 1.54) is 18.9 Å². The zero-order valence-corrected chi connectivity index (χ0v) is 7.14. The highest BCUT2D eigenvalue weighted by molar-refractivity contribution is 5.49. The van der Waals surface area contributed by atoms with Gasteiger partial charge in [0.1, 0.15) is 0 Å². The van der Waals surface area contributed by atoms with Crippen molar-refractivity contribution in [1.82, 2.24) is 10.6 Å². The molecule has 1 heterocycles. The Hall–Kier alpha value is -0.0800. The Morgan fingerprint density at radius 3 is 3.08 bits per heavy atom. The van der Waals surface area contributed by atoms with Crippen molar-refractivity contribution in [2.45, 2.75) is 18.4 Å². The molecule has 12 heavy (non-hydrogen) atoms. The van der Waals surface area contributed by atoms with Crippen LogP contribution in [-0.2, 0) is 0 Å². The van der Waals surface area contributed by atoms with Crippen LogP contribution in [0.2, 0.25) is 0 Å². The lowest BCUT2D eigenvalue weighted by Gasteiger charge is -2.55. The number of fused-ring (bicyclic) bond motifs is 1. The third kappa shape index (κ3) is 0.252. The van der Waals surface area contributed by atoms with Crippen molar-refractivity contribution in [2.24, 2.45) is 29.1 Å². The molecular weight excluding hydrogens is 148 g/mol. The Balaban J connectivity index is 1.77. The van der Waals surface area contributed by atoms with Gasteiger partial charge in [-0.2, -0.15) is 0 Å². The Kier molecular flexibility index (Phi) is 0.561. The van der Waals surface area contributed by atoms with E-state index in [9.17, 15) is 0 Å². The van der Waals surface area contributed by atoms with Crippen LogP contribution in [0.15, 0.2) is 0 Å². The minimum atomic E-state index is 0.665. The van der Waals surface area contributed by atoms with Gasteiger partial charge in [0.25, 0.3) is 0 Å². The number of hydrogen-bond acceptors (Lipinski definition) is 2. The molecule has 2 N–H and O–H groups in total. The van der Waals surface area contributed by atoms with E-state index in [1.54, 1.807) is 6.42 Å². The first kappa shape index (κ1) is 5.61. The van der Waals surface area contributed by atoms with Gasteiger partial charge in [-0.15, -0.1) is 0 Å². The van der Waals surface area contributed by atoms with E-state index in [0.29, 0.717) is 5.54 Å². The summed E-state index contributed by atoms with van der Waals surface area (Å²) in [6, 6.07) is 0. The number of rotatable bonds is 0. The van der Waals surface area contributed by atoms with Gasteiger partial charge in [0.2, 0.25) is 0 Å². The Labute approximate surface area is 72.1 Å². The molecule has 0 radical (unpaired) electrons. The van der Waals surface area contributed by atoms with Gasteiger partial charge < -0.3 is 5.32 Å². The fourth-order valence-electron chi connectivity index (χ4n) is 5.92. The van der Waals surface area contributed by atoms with E-state index in [0.717, 1.165) is 29.8 Å². The van der Waals surface area contributed by atoms with Crippen molar-refractivity contribution in [1.29, 1.82) is 0 Å². The van der Waals surface area contributed by atoms with Crippen molar-refractivity contribution in [3.63, 3.8) is 0 Å². The van der Waals surface area contributed by atoms with Gasteiger partial charge in [0.05, 0.1) is 0 Å². The fraction of sp³-hybridized carbons (Fsp3) is 1.00. The predicted octanol–water partition coefficient (Wildman–Crippen LogP) is 0.161. The summed E-state index contributed by atoms with van der Waals surface area (Å²) in [5.74, 6) is 4.62. The molecule has 2 heteroatoms. The maximum absolute atomic E-state index is 3.79. The van der Waals surface area contributed by atoms with E-state index in [2.05, 4.69) is 10.6 Å². The summed E-state index contributed by atoms with van der Waals surface area (Å²) in [5.41, 5.74) is 1.46. The molecule has 5 aliphatic rings. The minimum absolute atomic E-state index is 0.665. The van der Waals surface area contributed by atoms with Crippen molar-refractivity contribution in [3.8, 4) is 0 Å². The fourth-order valence-corrected chi connectivity index (χ4v) is 5.92. The number of hydrogen-bond donors (Lipinski definition) is 2. The van der Waals surface area contributed by atoms with Gasteiger partial charge in [-0.1, -0.05) is 0 Å². The third-order valence-electron chi connectivity index (χ3n) is 5.99. The number of nitrogens with one attached hydrogen (secondary N) is 2. The van der Waals surface area contributed by atoms with Gasteiger partial charge >= 0.3 is 0 Å². The second-order valence-corrected chi connectivity index (χ2v) is 5.57. The van der Waals surface area contributed by atoms with Crippen LogP contribution in [0.3, 0.4) is 0 Å². The Bertz CT molecular complexity index is 302. The predicted molar refractivity (Wildman–Crippen MR) is 44.4 cm³/mol. The maximum Gasteiger partial charge on any atom is 0.0459 e. The summed E-state index contributed by atoms with van der Waals surface area (Å²) in [5, 5.41) is 7.31. The first-order valence-corrected chi connectivity index (χ1v) is 5.38. The molecule has 0 aromatic carbocycles. The highest BCUT2D eigenvalue weighted by Crippen LogP contribution is 2.96. The van der Waals surface area contributed by atoms with Crippen LogP contribution in [0.25, 0.3) is 0 Å². The topological polar surface area (TPSA) is 24.1 Å². The molecule has 0 aromatic heterocycles. The van der Waals surface area contributed by atoms with E-state index in [4.69, 9.17) is 0 Å². The van der Waals surface area contributed by atoms with E-state index in [1.807, 2.05) is 0 Å². The van der Waals surface area contributed by atoms with Crippen LogP contribution in [-0.4, -0.2) is 18.8 Å². The molecule has 0 amide bonds. The SMILES string of the molecule is C1NCC23C4C5CCC2(N1)C5C43. The molecular formula is C10H14N2. The molecule has 4 saturated carbocycles. The van der Waals surface area contributed by atoms with E-state index < -0.39 is 0 Å². The summed E-state index contributed by atoms with van der Waals surface area (Å²) in [6.07, 6.45) is 3.04. The average Bonchev–Trinajstić information content (AvgIpc) is 2.33. The third-order valence-corrected chi connectivity index (χ3v) is 5.99. The van der Waals surface area contributed by atoms with E-state index >= 15 is 0 Å². The van der Waals surface area contributed by atoms with Crippen LogP contribution in [0.1, 0.15) is 12.8 Å². The minimum Gasteiger partial charge on any atom is -0.304 e. The lowest BCUT2D eigenvalue weighted by Crippen LogP contribution is -2.70.